The van der Waals surface area contributed by atoms with E-state index < -0.39 is 0 Å². The molecule has 0 unspecified atom stereocenters. The van der Waals surface area contributed by atoms with Gasteiger partial charge in [-0.3, -0.25) is 4.57 Å². The fourth-order valence-electron chi connectivity index (χ4n) is 3.41. The van der Waals surface area contributed by atoms with Crippen LogP contribution in [-0.2, 0) is 17.7 Å². The van der Waals surface area contributed by atoms with Crippen molar-refractivity contribution in [1.82, 2.24) is 19.7 Å². The number of aryl methyl sites for hydroxylation is 1. The van der Waals surface area contributed by atoms with Gasteiger partial charge in [-0.25, -0.2) is 4.98 Å². The van der Waals surface area contributed by atoms with Crippen molar-refractivity contribution in [3.63, 3.8) is 0 Å². The van der Waals surface area contributed by atoms with E-state index in [4.69, 9.17) is 4.74 Å². The lowest BCUT2D eigenvalue weighted by molar-refractivity contribution is 0.0728. The topological polar surface area (TPSA) is 56.1 Å². The van der Waals surface area contributed by atoms with E-state index in [-0.39, 0.29) is 5.41 Å². The molecule has 1 aliphatic heterocycles. The first-order valence-electron chi connectivity index (χ1n) is 8.61. The maximum atomic E-state index is 5.38. The molecule has 0 bridgehead atoms. The molecule has 2 aromatic heterocycles. The Labute approximate surface area is 147 Å². The number of rotatable bonds is 6. The van der Waals surface area contributed by atoms with Crippen LogP contribution < -0.4 is 4.90 Å². The summed E-state index contributed by atoms with van der Waals surface area (Å²) in [7, 11) is 1.79. The number of methoxy groups -OCH3 is 1. The molecule has 2 aromatic rings. The smallest absolute Gasteiger partial charge is 0.227 e. The largest absolute Gasteiger partial charge is 0.384 e. The fourth-order valence-corrected chi connectivity index (χ4v) is 4.02. The van der Waals surface area contributed by atoms with E-state index in [1.54, 1.807) is 18.4 Å². The highest BCUT2D eigenvalue weighted by Crippen LogP contribution is 2.33. The van der Waals surface area contributed by atoms with Crippen LogP contribution >= 0.6 is 11.3 Å². The van der Waals surface area contributed by atoms with Gasteiger partial charge in [-0.15, -0.1) is 21.5 Å². The fraction of sp³-hybridized carbons (Fsp3) is 0.706. The van der Waals surface area contributed by atoms with E-state index in [2.05, 4.69) is 43.9 Å². The van der Waals surface area contributed by atoms with Crippen LogP contribution in [0.25, 0.3) is 0 Å². The molecule has 3 heterocycles. The Morgan fingerprint density at radius 1 is 1.29 bits per heavy atom. The molecular weight excluding hydrogens is 322 g/mol. The lowest BCUT2D eigenvalue weighted by Gasteiger charge is -2.39. The Morgan fingerprint density at radius 2 is 2.04 bits per heavy atom. The van der Waals surface area contributed by atoms with Crippen LogP contribution in [0.4, 0.5) is 5.95 Å². The third-order valence-corrected chi connectivity index (χ3v) is 5.70. The standard InChI is InChI=1S/C17H27N5OS/c1-5-22-15(10-14-11-24-13(2)18-14)19-20-16(22)21-8-6-17(3,7-9-21)12-23-4/h11H,5-10,12H2,1-4H3. The predicted molar refractivity (Wildman–Crippen MR) is 96.8 cm³/mol. The van der Waals surface area contributed by atoms with E-state index in [0.29, 0.717) is 0 Å². The molecule has 1 saturated heterocycles. The first kappa shape index (κ1) is 17.4. The van der Waals surface area contributed by atoms with Crippen molar-refractivity contribution in [2.75, 3.05) is 31.7 Å². The first-order chi connectivity index (χ1) is 11.5. The minimum Gasteiger partial charge on any atom is -0.384 e. The third kappa shape index (κ3) is 3.62. The number of ether oxygens (including phenoxy) is 1. The Hall–Kier alpha value is -1.47. The van der Waals surface area contributed by atoms with E-state index in [0.717, 1.165) is 68.0 Å². The van der Waals surface area contributed by atoms with Crippen LogP contribution in [0.5, 0.6) is 0 Å². The van der Waals surface area contributed by atoms with Gasteiger partial charge in [0.15, 0.2) is 0 Å². The summed E-state index contributed by atoms with van der Waals surface area (Å²) in [5.41, 5.74) is 1.36. The number of nitrogens with zero attached hydrogens (tertiary/aromatic N) is 5. The first-order valence-corrected chi connectivity index (χ1v) is 9.49. The highest BCUT2D eigenvalue weighted by atomic mass is 32.1. The zero-order chi connectivity index (χ0) is 17.2. The summed E-state index contributed by atoms with van der Waals surface area (Å²) in [6.45, 7) is 10.2. The molecule has 0 atom stereocenters. The molecule has 6 nitrogen and oxygen atoms in total. The summed E-state index contributed by atoms with van der Waals surface area (Å²) in [4.78, 5) is 6.92. The molecule has 0 spiro atoms. The molecule has 0 aliphatic carbocycles. The molecule has 7 heteroatoms. The predicted octanol–water partition coefficient (Wildman–Crippen LogP) is 2.91. The monoisotopic (exact) mass is 349 g/mol. The SMILES string of the molecule is CCn1c(Cc2csc(C)n2)nnc1N1CCC(C)(COC)CC1. The van der Waals surface area contributed by atoms with Crippen molar-refractivity contribution in [3.8, 4) is 0 Å². The summed E-state index contributed by atoms with van der Waals surface area (Å²) < 4.78 is 7.61. The van der Waals surface area contributed by atoms with Gasteiger partial charge in [-0.1, -0.05) is 6.92 Å². The van der Waals surface area contributed by atoms with Gasteiger partial charge in [-0.2, -0.15) is 0 Å². The Bertz CT molecular complexity index is 672. The van der Waals surface area contributed by atoms with Gasteiger partial charge < -0.3 is 9.64 Å². The van der Waals surface area contributed by atoms with Crippen molar-refractivity contribution >= 4 is 17.3 Å². The van der Waals surface area contributed by atoms with Crippen LogP contribution in [-0.4, -0.2) is 46.6 Å². The van der Waals surface area contributed by atoms with E-state index in [1.165, 1.54) is 0 Å². The zero-order valence-corrected chi connectivity index (χ0v) is 15.9. The summed E-state index contributed by atoms with van der Waals surface area (Å²) in [6.07, 6.45) is 3.00. The van der Waals surface area contributed by atoms with Crippen LogP contribution in [0, 0.1) is 12.3 Å². The number of anilines is 1. The third-order valence-electron chi connectivity index (χ3n) is 4.88. The van der Waals surface area contributed by atoms with Crippen molar-refractivity contribution in [3.05, 3.63) is 21.9 Å². The van der Waals surface area contributed by atoms with Gasteiger partial charge in [0.1, 0.15) is 5.82 Å². The van der Waals surface area contributed by atoms with Crippen LogP contribution in [0.1, 0.15) is 43.2 Å². The van der Waals surface area contributed by atoms with Gasteiger partial charge >= 0.3 is 0 Å². The summed E-state index contributed by atoms with van der Waals surface area (Å²) >= 11 is 1.69. The van der Waals surface area contributed by atoms with Crippen LogP contribution in [0.15, 0.2) is 5.38 Å². The number of aromatic nitrogens is 4. The Kier molecular flexibility index (Phi) is 5.20. The molecule has 1 aliphatic rings. The summed E-state index contributed by atoms with van der Waals surface area (Å²) in [6, 6.07) is 0. The lowest BCUT2D eigenvalue weighted by atomic mass is 9.81. The second kappa shape index (κ2) is 7.19. The van der Waals surface area contributed by atoms with Gasteiger partial charge in [0.05, 0.1) is 23.7 Å². The minimum atomic E-state index is 0.281. The van der Waals surface area contributed by atoms with Gasteiger partial charge in [-0.05, 0) is 32.1 Å². The number of piperidine rings is 1. The van der Waals surface area contributed by atoms with E-state index >= 15 is 0 Å². The second-order valence-electron chi connectivity index (χ2n) is 6.93. The number of hydrogen-bond acceptors (Lipinski definition) is 6. The molecule has 0 radical (unpaired) electrons. The highest BCUT2D eigenvalue weighted by molar-refractivity contribution is 7.09. The molecule has 1 fully saturated rings. The maximum Gasteiger partial charge on any atom is 0.227 e. The normalized spacial score (nSPS) is 17.4. The second-order valence-corrected chi connectivity index (χ2v) is 7.99. The van der Waals surface area contributed by atoms with Gasteiger partial charge in [0, 0.05) is 32.1 Å². The molecule has 0 N–H and O–H groups in total. The van der Waals surface area contributed by atoms with Crippen molar-refractivity contribution < 1.29 is 4.74 Å². The molecule has 3 rings (SSSR count). The van der Waals surface area contributed by atoms with Gasteiger partial charge in [0.2, 0.25) is 5.95 Å². The summed E-state index contributed by atoms with van der Waals surface area (Å²) in [5, 5.41) is 12.2. The number of hydrogen-bond donors (Lipinski definition) is 0. The average molecular weight is 350 g/mol. The van der Waals surface area contributed by atoms with E-state index in [1.807, 2.05) is 6.92 Å². The maximum absolute atomic E-state index is 5.38. The van der Waals surface area contributed by atoms with E-state index in [9.17, 15) is 0 Å². The average Bonchev–Trinajstić information content (AvgIpc) is 3.14. The van der Waals surface area contributed by atoms with Gasteiger partial charge in [0.25, 0.3) is 0 Å². The quantitative estimate of drug-likeness (QED) is 0.802. The van der Waals surface area contributed by atoms with Crippen molar-refractivity contribution in [2.24, 2.45) is 5.41 Å². The molecule has 0 saturated carbocycles. The Morgan fingerprint density at radius 3 is 2.62 bits per heavy atom. The van der Waals surface area contributed by atoms with Crippen LogP contribution in [0.2, 0.25) is 0 Å². The number of thiazole rings is 1. The van der Waals surface area contributed by atoms with Crippen LogP contribution in [0.3, 0.4) is 0 Å². The molecule has 24 heavy (non-hydrogen) atoms. The molecule has 132 valence electrons. The highest BCUT2D eigenvalue weighted by Gasteiger charge is 2.32. The zero-order valence-electron chi connectivity index (χ0n) is 15.1. The minimum absolute atomic E-state index is 0.281. The lowest BCUT2D eigenvalue weighted by Crippen LogP contribution is -2.42. The summed E-state index contributed by atoms with van der Waals surface area (Å²) in [5.74, 6) is 2.00. The molecule has 0 aromatic carbocycles. The molecular formula is C17H27N5OS. The Balaban J connectivity index is 1.73. The van der Waals surface area contributed by atoms with Crippen molar-refractivity contribution in [1.29, 1.82) is 0 Å². The molecule has 0 amide bonds. The van der Waals surface area contributed by atoms with Crippen molar-refractivity contribution in [2.45, 2.75) is 46.6 Å².